The van der Waals surface area contributed by atoms with Gasteiger partial charge in [-0.15, -0.1) is 0 Å². The highest BCUT2D eigenvalue weighted by Crippen LogP contribution is 2.16. The summed E-state index contributed by atoms with van der Waals surface area (Å²) in [6.07, 6.45) is 17.3. The first-order chi connectivity index (χ1) is 15.6. The summed E-state index contributed by atoms with van der Waals surface area (Å²) in [4.78, 5) is 30.0. The summed E-state index contributed by atoms with van der Waals surface area (Å²) in [6.45, 7) is 4.61. The van der Waals surface area contributed by atoms with E-state index < -0.39 is 33.9 Å². The van der Waals surface area contributed by atoms with E-state index in [1.807, 2.05) is 0 Å². The Morgan fingerprint density at radius 1 is 0.879 bits per heavy atom. The van der Waals surface area contributed by atoms with Crippen molar-refractivity contribution in [2.24, 2.45) is 5.92 Å². The van der Waals surface area contributed by atoms with Gasteiger partial charge in [-0.3, -0.25) is 14.9 Å². The molecule has 0 aliphatic carbocycles. The van der Waals surface area contributed by atoms with Crippen LogP contribution in [0.1, 0.15) is 114 Å². The van der Waals surface area contributed by atoms with Gasteiger partial charge in [-0.25, -0.2) is 9.18 Å². The lowest BCUT2D eigenvalue weighted by atomic mass is 10.0. The number of nitro groups is 1. The molecule has 1 aromatic rings. The Labute approximate surface area is 196 Å². The van der Waals surface area contributed by atoms with E-state index in [9.17, 15) is 24.1 Å². The number of carboxylic acids is 2. The molecule has 33 heavy (non-hydrogen) atoms. The second-order valence-corrected chi connectivity index (χ2v) is 8.80. The van der Waals surface area contributed by atoms with Gasteiger partial charge in [0.1, 0.15) is 5.82 Å². The highest BCUT2D eigenvalue weighted by Gasteiger charge is 2.14. The molecule has 2 N–H and O–H groups in total. The molecule has 0 bridgehead atoms. The third-order valence-electron chi connectivity index (χ3n) is 5.32. The molecular weight excluding hydrogens is 429 g/mol. The van der Waals surface area contributed by atoms with Gasteiger partial charge in [0.25, 0.3) is 5.69 Å². The normalized spacial score (nSPS) is 10.5. The minimum Gasteiger partial charge on any atom is -0.481 e. The number of halogens is 1. The van der Waals surface area contributed by atoms with Crippen LogP contribution in [0.2, 0.25) is 0 Å². The molecule has 0 atom stereocenters. The third-order valence-corrected chi connectivity index (χ3v) is 5.32. The number of rotatable bonds is 17. The van der Waals surface area contributed by atoms with Crippen molar-refractivity contribution in [3.05, 3.63) is 39.7 Å². The van der Waals surface area contributed by atoms with Gasteiger partial charge >= 0.3 is 11.9 Å². The van der Waals surface area contributed by atoms with Crippen LogP contribution in [-0.2, 0) is 4.79 Å². The Morgan fingerprint density at radius 3 is 1.70 bits per heavy atom. The fraction of sp³-hybridized carbons (Fsp3) is 0.680. The van der Waals surface area contributed by atoms with Crippen LogP contribution < -0.4 is 0 Å². The van der Waals surface area contributed by atoms with E-state index in [1.165, 1.54) is 70.6 Å². The molecule has 0 aliphatic heterocycles. The van der Waals surface area contributed by atoms with Gasteiger partial charge in [0, 0.05) is 12.5 Å². The quantitative estimate of drug-likeness (QED) is 0.138. The first-order valence-corrected chi connectivity index (χ1v) is 12.0. The van der Waals surface area contributed by atoms with Gasteiger partial charge in [0.05, 0.1) is 16.6 Å². The summed E-state index contributed by atoms with van der Waals surface area (Å²) in [7, 11) is 0. The van der Waals surface area contributed by atoms with Crippen LogP contribution in [0.5, 0.6) is 0 Å². The molecule has 188 valence electrons. The maximum atomic E-state index is 12.8. The van der Waals surface area contributed by atoms with Crippen molar-refractivity contribution < 1.29 is 29.1 Å². The standard InChI is InChI=1S/C18H36O2.C7H4FNO4/c1-17(2)15-13-11-9-7-5-3-4-6-8-10-12-14-16-18(19)20;8-6-3-4(9(12)13)1-2-5(6)7(10)11/h17H,3-16H2,1-2H3,(H,19,20);1-3H,(H,10,11). The van der Waals surface area contributed by atoms with Crippen molar-refractivity contribution in [2.45, 2.75) is 104 Å². The average molecular weight is 470 g/mol. The molecule has 0 amide bonds. The third kappa shape index (κ3) is 17.7. The van der Waals surface area contributed by atoms with Crippen LogP contribution >= 0.6 is 0 Å². The van der Waals surface area contributed by atoms with Crippen LogP contribution in [0.25, 0.3) is 0 Å². The van der Waals surface area contributed by atoms with Crippen molar-refractivity contribution in [1.82, 2.24) is 0 Å². The van der Waals surface area contributed by atoms with Crippen molar-refractivity contribution in [2.75, 3.05) is 0 Å². The molecule has 0 aromatic heterocycles. The molecule has 0 spiro atoms. The lowest BCUT2D eigenvalue weighted by Crippen LogP contribution is -2.01. The predicted molar refractivity (Wildman–Crippen MR) is 127 cm³/mol. The number of hydrogen-bond acceptors (Lipinski definition) is 4. The zero-order chi connectivity index (χ0) is 25.1. The van der Waals surface area contributed by atoms with Crippen molar-refractivity contribution in [1.29, 1.82) is 0 Å². The number of benzene rings is 1. The highest BCUT2D eigenvalue weighted by molar-refractivity contribution is 5.88. The molecule has 1 aromatic carbocycles. The molecule has 0 fully saturated rings. The molecule has 8 heteroatoms. The second kappa shape index (κ2) is 19.0. The molecule has 0 aliphatic rings. The lowest BCUT2D eigenvalue weighted by molar-refractivity contribution is -0.385. The molecule has 0 saturated carbocycles. The average Bonchev–Trinajstić information content (AvgIpc) is 2.73. The monoisotopic (exact) mass is 469 g/mol. The number of aromatic carboxylic acids is 1. The van der Waals surface area contributed by atoms with E-state index in [4.69, 9.17) is 10.2 Å². The summed E-state index contributed by atoms with van der Waals surface area (Å²) in [5.41, 5.74) is -1.05. The predicted octanol–water partition coefficient (Wildman–Crippen LogP) is 7.62. The second-order valence-electron chi connectivity index (χ2n) is 8.80. The molecule has 0 heterocycles. The SMILES string of the molecule is CC(C)CCCCCCCCCCCCCCC(=O)O.O=C(O)c1ccc([N+](=O)[O-])cc1F. The molecule has 0 radical (unpaired) electrons. The number of nitrogens with zero attached hydrogens (tertiary/aromatic N) is 1. The van der Waals surface area contributed by atoms with E-state index in [1.54, 1.807) is 0 Å². The van der Waals surface area contributed by atoms with Gasteiger partial charge in [0.15, 0.2) is 0 Å². The van der Waals surface area contributed by atoms with E-state index in [0.29, 0.717) is 12.5 Å². The molecular formula is C25H40FNO6. The van der Waals surface area contributed by atoms with E-state index in [0.717, 1.165) is 30.9 Å². The Bertz CT molecular complexity index is 708. The van der Waals surface area contributed by atoms with Gasteiger partial charge in [-0.05, 0) is 18.4 Å². The number of carbonyl (C=O) groups is 2. The molecule has 1 rings (SSSR count). The first kappa shape index (κ1) is 30.5. The zero-order valence-corrected chi connectivity index (χ0v) is 20.1. The van der Waals surface area contributed by atoms with Crippen LogP contribution in [-0.4, -0.2) is 27.1 Å². The van der Waals surface area contributed by atoms with Gasteiger partial charge in [-0.1, -0.05) is 90.9 Å². The number of carboxylic acid groups (broad SMARTS) is 2. The van der Waals surface area contributed by atoms with Crippen LogP contribution in [0.4, 0.5) is 10.1 Å². The van der Waals surface area contributed by atoms with Crippen molar-refractivity contribution >= 4 is 17.6 Å². The van der Waals surface area contributed by atoms with Gasteiger partial charge in [-0.2, -0.15) is 0 Å². The van der Waals surface area contributed by atoms with Gasteiger partial charge in [0.2, 0.25) is 0 Å². The largest absolute Gasteiger partial charge is 0.481 e. The summed E-state index contributed by atoms with van der Waals surface area (Å²) in [5.74, 6) is -2.35. The highest BCUT2D eigenvalue weighted by atomic mass is 19.1. The number of hydrogen-bond donors (Lipinski definition) is 2. The Kier molecular flexibility index (Phi) is 17.6. The fourth-order valence-electron chi connectivity index (χ4n) is 3.39. The van der Waals surface area contributed by atoms with Crippen molar-refractivity contribution in [3.8, 4) is 0 Å². The van der Waals surface area contributed by atoms with Crippen LogP contribution in [0.3, 0.4) is 0 Å². The Balaban J connectivity index is 0.000000676. The summed E-state index contributed by atoms with van der Waals surface area (Å²) in [5, 5.41) is 27.0. The maximum Gasteiger partial charge on any atom is 0.338 e. The first-order valence-electron chi connectivity index (χ1n) is 12.0. The molecule has 0 unspecified atom stereocenters. The summed E-state index contributed by atoms with van der Waals surface area (Å²) in [6, 6.07) is 2.37. The summed E-state index contributed by atoms with van der Waals surface area (Å²) >= 11 is 0. The van der Waals surface area contributed by atoms with E-state index in [2.05, 4.69) is 13.8 Å². The molecule has 0 saturated heterocycles. The number of aliphatic carboxylic acids is 1. The Morgan fingerprint density at radius 2 is 1.33 bits per heavy atom. The van der Waals surface area contributed by atoms with Crippen molar-refractivity contribution in [3.63, 3.8) is 0 Å². The summed E-state index contributed by atoms with van der Waals surface area (Å²) < 4.78 is 12.8. The lowest BCUT2D eigenvalue weighted by Gasteiger charge is -2.04. The Hall–Kier alpha value is -2.51. The van der Waals surface area contributed by atoms with Crippen LogP contribution in [0, 0.1) is 21.8 Å². The minimum atomic E-state index is -1.45. The number of non-ortho nitro benzene ring substituents is 1. The zero-order valence-electron chi connectivity index (χ0n) is 20.1. The van der Waals surface area contributed by atoms with E-state index in [-0.39, 0.29) is 0 Å². The van der Waals surface area contributed by atoms with E-state index >= 15 is 0 Å². The molecule has 7 nitrogen and oxygen atoms in total. The van der Waals surface area contributed by atoms with Crippen LogP contribution in [0.15, 0.2) is 18.2 Å². The fourth-order valence-corrected chi connectivity index (χ4v) is 3.39. The minimum absolute atomic E-state index is 0.344. The smallest absolute Gasteiger partial charge is 0.338 e. The topological polar surface area (TPSA) is 118 Å². The number of nitro benzene ring substituents is 1. The number of unbranched alkanes of at least 4 members (excludes halogenated alkanes) is 11. The maximum absolute atomic E-state index is 12.8. The van der Waals surface area contributed by atoms with Gasteiger partial charge < -0.3 is 10.2 Å².